The zero-order valence-corrected chi connectivity index (χ0v) is 16.7. The van der Waals surface area contributed by atoms with E-state index in [1.807, 2.05) is 42.3 Å². The number of hydrogen-bond donors (Lipinski definition) is 0. The zero-order chi connectivity index (χ0) is 19.8. The van der Waals surface area contributed by atoms with E-state index in [4.69, 9.17) is 26.0 Å². The summed E-state index contributed by atoms with van der Waals surface area (Å²) >= 11 is 6.23. The molecule has 0 amide bonds. The first-order valence-electron chi connectivity index (χ1n) is 9.10. The molecule has 0 aromatic heterocycles. The van der Waals surface area contributed by atoms with E-state index in [0.717, 1.165) is 29.7 Å². The third-order valence-electron chi connectivity index (χ3n) is 5.03. The van der Waals surface area contributed by atoms with Gasteiger partial charge in [0.15, 0.2) is 11.5 Å². The Morgan fingerprint density at radius 2 is 2.07 bits per heavy atom. The lowest BCUT2D eigenvalue weighted by Gasteiger charge is -2.38. The summed E-state index contributed by atoms with van der Waals surface area (Å²) in [5.74, 6) is 0.485. The lowest BCUT2D eigenvalue weighted by molar-refractivity contribution is -0.132. The number of methoxy groups -OCH3 is 1. The van der Waals surface area contributed by atoms with Gasteiger partial charge < -0.3 is 14.4 Å². The number of rotatable bonds is 6. The van der Waals surface area contributed by atoms with Gasteiger partial charge in [-0.3, -0.25) is 0 Å². The van der Waals surface area contributed by atoms with Crippen LogP contribution in [0, 0.1) is 12.8 Å². The van der Waals surface area contributed by atoms with Crippen LogP contribution in [0.4, 0.5) is 5.69 Å². The Kier molecular flexibility index (Phi) is 4.89. The van der Waals surface area contributed by atoms with Crippen LogP contribution in [0.15, 0.2) is 41.6 Å². The first-order valence-corrected chi connectivity index (χ1v) is 9.48. The van der Waals surface area contributed by atoms with Crippen molar-refractivity contribution in [3.05, 3.63) is 58.1 Å². The van der Waals surface area contributed by atoms with Gasteiger partial charge >= 0.3 is 5.97 Å². The van der Waals surface area contributed by atoms with Gasteiger partial charge in [-0.05, 0) is 61.1 Å². The van der Waals surface area contributed by atoms with Gasteiger partial charge in [0.05, 0.1) is 24.4 Å². The Morgan fingerprint density at radius 1 is 1.29 bits per heavy atom. The van der Waals surface area contributed by atoms with E-state index in [1.54, 1.807) is 0 Å². The third kappa shape index (κ3) is 3.29. The highest BCUT2D eigenvalue weighted by Gasteiger charge is 2.41. The van der Waals surface area contributed by atoms with Crippen molar-refractivity contribution in [2.75, 3.05) is 19.3 Å². The minimum Gasteiger partial charge on any atom is -0.464 e. The van der Waals surface area contributed by atoms with Crippen molar-refractivity contribution in [1.29, 1.82) is 0 Å². The molecule has 1 fully saturated rings. The standard InChI is InChI=1S/C21H21ClN2O4/c1-12-9-16-11-17(18(23-27-3)21(25)26-2)20(12)28-24(16)19(13-7-8-13)14-5-4-6-15(22)10-14/h4-6,9-11,13,19H,7-8H2,1-3H3. The smallest absolute Gasteiger partial charge is 0.360 e. The summed E-state index contributed by atoms with van der Waals surface area (Å²) in [6, 6.07) is 11.9. The number of anilines is 1. The molecule has 1 unspecified atom stereocenters. The predicted molar refractivity (Wildman–Crippen MR) is 107 cm³/mol. The van der Waals surface area contributed by atoms with Crippen LogP contribution in [0.2, 0.25) is 5.02 Å². The summed E-state index contributed by atoms with van der Waals surface area (Å²) in [6.45, 7) is 1.94. The minimum atomic E-state index is -0.578. The summed E-state index contributed by atoms with van der Waals surface area (Å²) in [5, 5.41) is 6.47. The Balaban J connectivity index is 1.76. The highest BCUT2D eigenvalue weighted by atomic mass is 35.5. The van der Waals surface area contributed by atoms with Crippen molar-refractivity contribution in [2.24, 2.45) is 11.1 Å². The molecule has 2 aromatic carbocycles. The molecule has 28 heavy (non-hydrogen) atoms. The summed E-state index contributed by atoms with van der Waals surface area (Å²) in [6.07, 6.45) is 2.27. The van der Waals surface area contributed by atoms with Crippen LogP contribution in [0.25, 0.3) is 0 Å². The fourth-order valence-corrected chi connectivity index (χ4v) is 3.83. The summed E-state index contributed by atoms with van der Waals surface area (Å²) < 4.78 is 4.85. The van der Waals surface area contributed by atoms with Gasteiger partial charge in [-0.2, -0.15) is 0 Å². The van der Waals surface area contributed by atoms with E-state index in [-0.39, 0.29) is 11.8 Å². The maximum atomic E-state index is 12.2. The van der Waals surface area contributed by atoms with E-state index in [1.165, 1.54) is 14.2 Å². The number of fused-ring (bicyclic) bond motifs is 3. The minimum absolute atomic E-state index is 0.0480. The average molecular weight is 401 g/mol. The van der Waals surface area contributed by atoms with Gasteiger partial charge in [-0.1, -0.05) is 28.9 Å². The second-order valence-corrected chi connectivity index (χ2v) is 7.44. The van der Waals surface area contributed by atoms with Gasteiger partial charge in [-0.15, -0.1) is 0 Å². The van der Waals surface area contributed by atoms with E-state index in [0.29, 0.717) is 22.3 Å². The number of esters is 1. The number of oxime groups is 1. The van der Waals surface area contributed by atoms with Crippen LogP contribution in [0.1, 0.15) is 35.6 Å². The highest BCUT2D eigenvalue weighted by molar-refractivity contribution is 6.44. The number of carbonyl (C=O) groups excluding carboxylic acids is 1. The summed E-state index contributed by atoms with van der Waals surface area (Å²) in [4.78, 5) is 23.3. The molecule has 2 bridgehead atoms. The van der Waals surface area contributed by atoms with Gasteiger partial charge in [0.2, 0.25) is 0 Å². The molecule has 0 saturated heterocycles. The van der Waals surface area contributed by atoms with E-state index < -0.39 is 5.97 Å². The number of hydroxylamine groups is 1. The molecule has 1 aliphatic carbocycles. The molecule has 2 aromatic rings. The quantitative estimate of drug-likeness (QED) is 0.407. The molecule has 1 atom stereocenters. The van der Waals surface area contributed by atoms with Crippen LogP contribution >= 0.6 is 11.6 Å². The monoisotopic (exact) mass is 400 g/mol. The maximum Gasteiger partial charge on any atom is 0.360 e. The molecule has 2 aliphatic heterocycles. The van der Waals surface area contributed by atoms with Crippen LogP contribution in [0.5, 0.6) is 5.75 Å². The Hall–Kier alpha value is -2.73. The van der Waals surface area contributed by atoms with Crippen LogP contribution < -0.4 is 9.90 Å². The zero-order valence-electron chi connectivity index (χ0n) is 15.9. The van der Waals surface area contributed by atoms with Crippen molar-refractivity contribution in [3.8, 4) is 5.75 Å². The number of benzene rings is 2. The van der Waals surface area contributed by atoms with Gasteiger partial charge in [0.25, 0.3) is 0 Å². The third-order valence-corrected chi connectivity index (χ3v) is 5.27. The number of hydrogen-bond acceptors (Lipinski definition) is 6. The molecule has 6 nitrogen and oxygen atoms in total. The Morgan fingerprint density at radius 3 is 2.68 bits per heavy atom. The van der Waals surface area contributed by atoms with Crippen molar-refractivity contribution in [1.82, 2.24) is 0 Å². The number of ether oxygens (including phenoxy) is 1. The van der Waals surface area contributed by atoms with Crippen molar-refractivity contribution < 1.29 is 19.2 Å². The van der Waals surface area contributed by atoms with Crippen molar-refractivity contribution in [3.63, 3.8) is 0 Å². The molecule has 0 N–H and O–H groups in total. The van der Waals surface area contributed by atoms with Crippen molar-refractivity contribution >= 4 is 29.0 Å². The van der Waals surface area contributed by atoms with Gasteiger partial charge in [0, 0.05) is 5.02 Å². The summed E-state index contributed by atoms with van der Waals surface area (Å²) in [5.41, 5.74) is 3.51. The molecule has 1 saturated carbocycles. The summed E-state index contributed by atoms with van der Waals surface area (Å²) in [7, 11) is 2.70. The number of halogens is 1. The second kappa shape index (κ2) is 7.36. The first kappa shape index (κ1) is 18.6. The Labute approximate surface area is 168 Å². The van der Waals surface area contributed by atoms with Gasteiger partial charge in [0.1, 0.15) is 7.11 Å². The SMILES string of the molecule is CON=C(C(=O)OC)c1cc2cc(C)c1ON2C(c1cccc(Cl)c1)C1CC1. The molecule has 7 heteroatoms. The average Bonchev–Trinajstić information content (AvgIpc) is 3.51. The Bertz CT molecular complexity index is 955. The molecular formula is C21H21ClN2O4. The first-order chi connectivity index (χ1) is 13.5. The van der Waals surface area contributed by atoms with E-state index >= 15 is 0 Å². The number of carbonyl (C=O) groups is 1. The molecule has 3 aliphatic rings. The molecule has 0 radical (unpaired) electrons. The largest absolute Gasteiger partial charge is 0.464 e. The van der Waals surface area contributed by atoms with Crippen LogP contribution in [-0.2, 0) is 14.4 Å². The van der Waals surface area contributed by atoms with Gasteiger partial charge in [-0.25, -0.2) is 9.86 Å². The van der Waals surface area contributed by atoms with E-state index in [2.05, 4.69) is 11.2 Å². The number of aryl methyl sites for hydroxylation is 1. The topological polar surface area (TPSA) is 60.4 Å². The fourth-order valence-electron chi connectivity index (χ4n) is 3.63. The van der Waals surface area contributed by atoms with E-state index in [9.17, 15) is 4.79 Å². The highest BCUT2D eigenvalue weighted by Crippen LogP contribution is 2.49. The number of nitrogens with zero attached hydrogens (tertiary/aromatic N) is 2. The predicted octanol–water partition coefficient (Wildman–Crippen LogP) is 4.44. The molecular weight excluding hydrogens is 380 g/mol. The lowest BCUT2D eigenvalue weighted by Crippen LogP contribution is -2.38. The molecule has 5 rings (SSSR count). The maximum absolute atomic E-state index is 12.2. The molecule has 146 valence electrons. The molecule has 0 spiro atoms. The van der Waals surface area contributed by atoms with Crippen molar-refractivity contribution in [2.45, 2.75) is 25.8 Å². The molecule has 2 heterocycles. The second-order valence-electron chi connectivity index (χ2n) is 7.01. The van der Waals surface area contributed by atoms with Crippen LogP contribution in [0.3, 0.4) is 0 Å². The fraction of sp³-hybridized carbons (Fsp3) is 0.333. The van der Waals surface area contributed by atoms with Crippen LogP contribution in [-0.4, -0.2) is 25.9 Å². The lowest BCUT2D eigenvalue weighted by atomic mass is 9.98. The normalized spacial score (nSPS) is 16.6.